The molecule has 1 amide bonds. The van der Waals surface area contributed by atoms with E-state index in [9.17, 15) is 13.2 Å². The number of likely N-dealkylation sites (tertiary alicyclic amines) is 1. The highest BCUT2D eigenvalue weighted by atomic mass is 32.2. The van der Waals surface area contributed by atoms with E-state index in [2.05, 4.69) is 10.2 Å². The van der Waals surface area contributed by atoms with Crippen molar-refractivity contribution in [3.05, 3.63) is 29.8 Å². The number of likely N-dealkylation sites (N-methyl/N-ethyl adjacent to an activating group) is 1. The van der Waals surface area contributed by atoms with Gasteiger partial charge in [-0.1, -0.05) is 12.1 Å². The Bertz CT molecular complexity index is 660. The van der Waals surface area contributed by atoms with Gasteiger partial charge in [-0.15, -0.1) is 0 Å². The number of primary sulfonamides is 1. The Balaban J connectivity index is 1.75. The predicted molar refractivity (Wildman–Crippen MR) is 92.8 cm³/mol. The lowest BCUT2D eigenvalue weighted by atomic mass is 10.1. The molecule has 24 heavy (non-hydrogen) atoms. The summed E-state index contributed by atoms with van der Waals surface area (Å²) in [6.07, 6.45) is 3.17. The van der Waals surface area contributed by atoms with Gasteiger partial charge in [0, 0.05) is 31.6 Å². The van der Waals surface area contributed by atoms with Crippen molar-refractivity contribution < 1.29 is 13.2 Å². The zero-order chi connectivity index (χ0) is 17.7. The van der Waals surface area contributed by atoms with Gasteiger partial charge in [-0.3, -0.25) is 9.69 Å². The maximum absolute atomic E-state index is 12.1. The van der Waals surface area contributed by atoms with Gasteiger partial charge in [-0.05, 0) is 44.0 Å². The topological polar surface area (TPSA) is 119 Å². The number of carbonyl (C=O) groups is 1. The van der Waals surface area contributed by atoms with E-state index < -0.39 is 10.0 Å². The van der Waals surface area contributed by atoms with Crippen LogP contribution in [-0.4, -0.2) is 51.4 Å². The highest BCUT2D eigenvalue weighted by Gasteiger charge is 2.30. The molecule has 0 bridgehead atoms. The minimum absolute atomic E-state index is 0.0330. The van der Waals surface area contributed by atoms with Gasteiger partial charge in [-0.25, -0.2) is 13.6 Å². The highest BCUT2D eigenvalue weighted by molar-refractivity contribution is 7.89. The van der Waals surface area contributed by atoms with Crippen LogP contribution in [0, 0.1) is 0 Å². The summed E-state index contributed by atoms with van der Waals surface area (Å²) in [5, 5.41) is 7.98. The van der Waals surface area contributed by atoms with Gasteiger partial charge in [0.2, 0.25) is 15.9 Å². The minimum atomic E-state index is -3.66. The third kappa shape index (κ3) is 5.01. The summed E-state index contributed by atoms with van der Waals surface area (Å²) in [5.41, 5.74) is 6.66. The van der Waals surface area contributed by atoms with Crippen molar-refractivity contribution in [3.63, 3.8) is 0 Å². The molecule has 1 saturated heterocycles. The lowest BCUT2D eigenvalue weighted by Crippen LogP contribution is -2.39. The Labute approximate surface area is 143 Å². The summed E-state index contributed by atoms with van der Waals surface area (Å²) in [4.78, 5) is 14.3. The standard InChI is InChI=1S/C16H26N4O3S/c1-20-13(4-5-14(20)11-17)10-16(21)19-9-8-12-2-6-15(7-3-12)24(18,22)23/h2-3,6-7,13-14H,4-5,8-11,17H2,1H3,(H,19,21)(H2,18,22,23)/t13-,14+/m0/s1. The van der Waals surface area contributed by atoms with Crippen LogP contribution in [0.1, 0.15) is 24.8 Å². The van der Waals surface area contributed by atoms with Crippen LogP contribution in [0.5, 0.6) is 0 Å². The molecule has 1 heterocycles. The van der Waals surface area contributed by atoms with Gasteiger partial charge < -0.3 is 11.1 Å². The molecule has 1 aromatic carbocycles. The summed E-state index contributed by atoms with van der Waals surface area (Å²) in [7, 11) is -1.64. The molecule has 1 aliphatic rings. The molecule has 0 radical (unpaired) electrons. The molecule has 7 nitrogen and oxygen atoms in total. The van der Waals surface area contributed by atoms with Crippen molar-refractivity contribution in [2.24, 2.45) is 10.9 Å². The number of sulfonamides is 1. The molecule has 1 fully saturated rings. The molecule has 2 rings (SSSR count). The van der Waals surface area contributed by atoms with E-state index in [-0.39, 0.29) is 16.8 Å². The summed E-state index contributed by atoms with van der Waals surface area (Å²) >= 11 is 0. The van der Waals surface area contributed by atoms with E-state index >= 15 is 0 Å². The quantitative estimate of drug-likeness (QED) is 0.627. The van der Waals surface area contributed by atoms with E-state index in [4.69, 9.17) is 10.9 Å². The lowest BCUT2D eigenvalue weighted by Gasteiger charge is -2.24. The van der Waals surface area contributed by atoms with Crippen molar-refractivity contribution >= 4 is 15.9 Å². The monoisotopic (exact) mass is 354 g/mol. The Morgan fingerprint density at radius 2 is 1.88 bits per heavy atom. The summed E-state index contributed by atoms with van der Waals surface area (Å²) < 4.78 is 22.4. The number of carbonyl (C=O) groups excluding carboxylic acids is 1. The van der Waals surface area contributed by atoms with Crippen LogP contribution in [-0.2, 0) is 21.2 Å². The Kier molecular flexibility index (Phi) is 6.34. The van der Waals surface area contributed by atoms with E-state index in [0.717, 1.165) is 18.4 Å². The molecule has 1 aromatic rings. The first-order valence-corrected chi connectivity index (χ1v) is 9.66. The molecule has 8 heteroatoms. The van der Waals surface area contributed by atoms with Gasteiger partial charge in [0.25, 0.3) is 0 Å². The van der Waals surface area contributed by atoms with Crippen LogP contribution < -0.4 is 16.2 Å². The number of nitrogens with one attached hydrogen (secondary N) is 1. The molecule has 5 N–H and O–H groups in total. The third-order valence-corrected chi connectivity index (χ3v) is 5.60. The molecule has 0 aromatic heterocycles. The number of hydrogen-bond donors (Lipinski definition) is 3. The molecule has 2 atom stereocenters. The van der Waals surface area contributed by atoms with Crippen LogP contribution in [0.3, 0.4) is 0 Å². The summed E-state index contributed by atoms with van der Waals surface area (Å²) in [6, 6.07) is 7.01. The molecule has 134 valence electrons. The average Bonchev–Trinajstić information content (AvgIpc) is 2.87. The van der Waals surface area contributed by atoms with Crippen LogP contribution >= 0.6 is 0 Å². The number of nitrogens with two attached hydrogens (primary N) is 2. The largest absolute Gasteiger partial charge is 0.356 e. The van der Waals surface area contributed by atoms with Crippen molar-refractivity contribution in [3.8, 4) is 0 Å². The maximum atomic E-state index is 12.1. The number of hydrogen-bond acceptors (Lipinski definition) is 5. The second kappa shape index (κ2) is 8.06. The third-order valence-electron chi connectivity index (χ3n) is 4.67. The van der Waals surface area contributed by atoms with Crippen LogP contribution in [0.4, 0.5) is 0 Å². The van der Waals surface area contributed by atoms with E-state index in [1.54, 1.807) is 12.1 Å². The molecule has 0 spiro atoms. The first-order valence-electron chi connectivity index (χ1n) is 8.11. The van der Waals surface area contributed by atoms with Gasteiger partial charge in [0.05, 0.1) is 4.90 Å². The fourth-order valence-electron chi connectivity index (χ4n) is 3.10. The number of benzene rings is 1. The first-order chi connectivity index (χ1) is 11.3. The Morgan fingerprint density at radius 1 is 1.25 bits per heavy atom. The van der Waals surface area contributed by atoms with E-state index in [1.165, 1.54) is 12.1 Å². The smallest absolute Gasteiger partial charge is 0.238 e. The fraction of sp³-hybridized carbons (Fsp3) is 0.562. The molecule has 0 unspecified atom stereocenters. The zero-order valence-corrected chi connectivity index (χ0v) is 14.8. The molecule has 0 saturated carbocycles. The molecule has 0 aliphatic carbocycles. The molecular weight excluding hydrogens is 328 g/mol. The van der Waals surface area contributed by atoms with Crippen molar-refractivity contribution in [2.75, 3.05) is 20.1 Å². The van der Waals surface area contributed by atoms with E-state index in [0.29, 0.717) is 32.0 Å². The fourth-order valence-corrected chi connectivity index (χ4v) is 3.61. The second-order valence-corrected chi connectivity index (χ2v) is 7.84. The predicted octanol–water partition coefficient (Wildman–Crippen LogP) is -0.196. The Hall–Kier alpha value is -1.48. The van der Waals surface area contributed by atoms with E-state index in [1.807, 2.05) is 7.05 Å². The second-order valence-electron chi connectivity index (χ2n) is 6.28. The minimum Gasteiger partial charge on any atom is -0.356 e. The van der Waals surface area contributed by atoms with Crippen LogP contribution in [0.15, 0.2) is 29.2 Å². The Morgan fingerprint density at radius 3 is 2.42 bits per heavy atom. The number of amides is 1. The maximum Gasteiger partial charge on any atom is 0.238 e. The normalized spacial score (nSPS) is 21.8. The summed E-state index contributed by atoms with van der Waals surface area (Å²) in [6.45, 7) is 1.15. The van der Waals surface area contributed by atoms with Gasteiger partial charge >= 0.3 is 0 Å². The number of rotatable bonds is 7. The van der Waals surface area contributed by atoms with Crippen molar-refractivity contribution in [2.45, 2.75) is 42.7 Å². The SMILES string of the molecule is CN1[C@@H](CN)CC[C@H]1CC(=O)NCCc1ccc(S(N)(=O)=O)cc1. The van der Waals surface area contributed by atoms with Crippen molar-refractivity contribution in [1.82, 2.24) is 10.2 Å². The molecule has 1 aliphatic heterocycles. The van der Waals surface area contributed by atoms with Crippen LogP contribution in [0.25, 0.3) is 0 Å². The zero-order valence-electron chi connectivity index (χ0n) is 13.9. The first kappa shape index (κ1) is 18.9. The average molecular weight is 354 g/mol. The van der Waals surface area contributed by atoms with Gasteiger partial charge in [0.15, 0.2) is 0 Å². The summed E-state index contributed by atoms with van der Waals surface area (Å²) in [5.74, 6) is 0.0330. The molecular formula is C16H26N4O3S. The van der Waals surface area contributed by atoms with Gasteiger partial charge in [0.1, 0.15) is 0 Å². The highest BCUT2D eigenvalue weighted by Crippen LogP contribution is 2.23. The van der Waals surface area contributed by atoms with Gasteiger partial charge in [-0.2, -0.15) is 0 Å². The lowest BCUT2D eigenvalue weighted by molar-refractivity contribution is -0.122. The van der Waals surface area contributed by atoms with Crippen molar-refractivity contribution in [1.29, 1.82) is 0 Å². The number of nitrogens with zero attached hydrogens (tertiary/aromatic N) is 1. The van der Waals surface area contributed by atoms with Crippen LogP contribution in [0.2, 0.25) is 0 Å².